The minimum Gasteiger partial charge on any atom is -0.492 e. The maximum Gasteiger partial charge on any atom is 0.274 e. The number of nitrogens with zero attached hydrogens (tertiary/aromatic N) is 4. The summed E-state index contributed by atoms with van der Waals surface area (Å²) in [4.78, 5) is 25.0. The Labute approximate surface area is 147 Å². The number of rotatable bonds is 2. The molecule has 3 heterocycles. The summed E-state index contributed by atoms with van der Waals surface area (Å²) >= 11 is 0. The molecular weight excluding hydrogens is 316 g/mol. The molecule has 6 nitrogen and oxygen atoms in total. The highest BCUT2D eigenvalue weighted by atomic mass is 16.5. The standard InChI is InChI=1S/C19H22N4O2/c24-19(17-13-20-7-8-21-17)22-9-5-16(6-10-22)23-11-12-25-18-4-2-1-3-15(18)14-23/h1-4,7-8,13,16H,5-6,9-12,14H2. The van der Waals surface area contributed by atoms with Gasteiger partial charge < -0.3 is 9.64 Å². The fraction of sp³-hybridized carbons (Fsp3) is 0.421. The Bertz CT molecular complexity index is 729. The van der Waals surface area contributed by atoms with E-state index in [9.17, 15) is 4.79 Å². The molecular formula is C19H22N4O2. The van der Waals surface area contributed by atoms with Gasteiger partial charge in [-0.05, 0) is 18.9 Å². The van der Waals surface area contributed by atoms with Gasteiger partial charge >= 0.3 is 0 Å². The Hall–Kier alpha value is -2.47. The van der Waals surface area contributed by atoms with Crippen LogP contribution in [-0.2, 0) is 6.54 Å². The van der Waals surface area contributed by atoms with Crippen molar-refractivity contribution in [2.24, 2.45) is 0 Å². The third-order valence-electron chi connectivity index (χ3n) is 5.03. The van der Waals surface area contributed by atoms with Gasteiger partial charge in [-0.3, -0.25) is 14.7 Å². The monoisotopic (exact) mass is 338 g/mol. The summed E-state index contributed by atoms with van der Waals surface area (Å²) < 4.78 is 5.87. The molecule has 2 aliphatic heterocycles. The van der Waals surface area contributed by atoms with Gasteiger partial charge in [0.05, 0.1) is 6.20 Å². The van der Waals surface area contributed by atoms with E-state index in [2.05, 4.69) is 27.0 Å². The Kier molecular flexibility index (Phi) is 4.61. The van der Waals surface area contributed by atoms with E-state index in [1.807, 2.05) is 17.0 Å². The van der Waals surface area contributed by atoms with Crippen molar-refractivity contribution in [3.8, 4) is 5.75 Å². The van der Waals surface area contributed by atoms with Gasteiger partial charge in [0, 0.05) is 50.2 Å². The predicted molar refractivity (Wildman–Crippen MR) is 93.3 cm³/mol. The van der Waals surface area contributed by atoms with E-state index in [4.69, 9.17) is 4.74 Å². The lowest BCUT2D eigenvalue weighted by Crippen LogP contribution is -2.47. The molecule has 0 aliphatic carbocycles. The van der Waals surface area contributed by atoms with Crippen molar-refractivity contribution in [1.29, 1.82) is 0 Å². The van der Waals surface area contributed by atoms with Crippen LogP contribution in [0.5, 0.6) is 5.75 Å². The smallest absolute Gasteiger partial charge is 0.274 e. The summed E-state index contributed by atoms with van der Waals surface area (Å²) in [5.41, 5.74) is 1.68. The maximum absolute atomic E-state index is 12.5. The van der Waals surface area contributed by atoms with Crippen molar-refractivity contribution in [3.05, 3.63) is 54.1 Å². The molecule has 1 fully saturated rings. The highest BCUT2D eigenvalue weighted by Crippen LogP contribution is 2.26. The Morgan fingerprint density at radius 2 is 1.96 bits per heavy atom. The summed E-state index contributed by atoms with van der Waals surface area (Å²) in [6.45, 7) is 4.09. The van der Waals surface area contributed by atoms with Crippen LogP contribution in [-0.4, -0.2) is 58.0 Å². The van der Waals surface area contributed by atoms with Crippen LogP contribution in [0.4, 0.5) is 0 Å². The number of likely N-dealkylation sites (tertiary alicyclic amines) is 1. The van der Waals surface area contributed by atoms with Gasteiger partial charge in [-0.15, -0.1) is 0 Å². The molecule has 0 spiro atoms. The second kappa shape index (κ2) is 7.19. The molecule has 1 amide bonds. The zero-order valence-corrected chi connectivity index (χ0v) is 14.2. The van der Waals surface area contributed by atoms with Gasteiger partial charge in [-0.2, -0.15) is 0 Å². The number of aromatic nitrogens is 2. The molecule has 1 aromatic carbocycles. The predicted octanol–water partition coefficient (Wildman–Crippen LogP) is 1.98. The molecule has 130 valence electrons. The average molecular weight is 338 g/mol. The van der Waals surface area contributed by atoms with E-state index in [1.54, 1.807) is 12.4 Å². The summed E-state index contributed by atoms with van der Waals surface area (Å²) in [6.07, 6.45) is 6.65. The van der Waals surface area contributed by atoms with Gasteiger partial charge in [0.2, 0.25) is 0 Å². The quantitative estimate of drug-likeness (QED) is 0.838. The number of ether oxygens (including phenoxy) is 1. The third kappa shape index (κ3) is 3.49. The van der Waals surface area contributed by atoms with Crippen LogP contribution in [0.1, 0.15) is 28.9 Å². The Balaban J connectivity index is 1.38. The van der Waals surface area contributed by atoms with Crippen LogP contribution in [0.15, 0.2) is 42.9 Å². The molecule has 0 bridgehead atoms. The summed E-state index contributed by atoms with van der Waals surface area (Å²) in [6, 6.07) is 8.75. The largest absolute Gasteiger partial charge is 0.492 e. The SMILES string of the molecule is O=C(c1cnccn1)N1CCC(N2CCOc3ccccc3C2)CC1. The lowest BCUT2D eigenvalue weighted by atomic mass is 10.0. The lowest BCUT2D eigenvalue weighted by molar-refractivity contribution is 0.0593. The molecule has 2 aliphatic rings. The number of piperidine rings is 1. The molecule has 0 atom stereocenters. The van der Waals surface area contributed by atoms with Crippen molar-refractivity contribution in [3.63, 3.8) is 0 Å². The van der Waals surface area contributed by atoms with Crippen LogP contribution >= 0.6 is 0 Å². The van der Waals surface area contributed by atoms with Crippen molar-refractivity contribution in [1.82, 2.24) is 19.8 Å². The molecule has 0 radical (unpaired) electrons. The number of para-hydroxylation sites is 1. The van der Waals surface area contributed by atoms with Gasteiger partial charge in [0.25, 0.3) is 5.91 Å². The topological polar surface area (TPSA) is 58.6 Å². The van der Waals surface area contributed by atoms with Gasteiger partial charge in [-0.25, -0.2) is 4.98 Å². The summed E-state index contributed by atoms with van der Waals surface area (Å²) in [5.74, 6) is 0.983. The minimum absolute atomic E-state index is 0.0175. The van der Waals surface area contributed by atoms with Crippen LogP contribution in [0.2, 0.25) is 0 Å². The number of amides is 1. The highest BCUT2D eigenvalue weighted by molar-refractivity contribution is 5.92. The Morgan fingerprint density at radius 1 is 1.12 bits per heavy atom. The molecule has 0 saturated carbocycles. The highest BCUT2D eigenvalue weighted by Gasteiger charge is 2.29. The van der Waals surface area contributed by atoms with Gasteiger partial charge in [0.1, 0.15) is 18.1 Å². The molecule has 2 aromatic rings. The number of benzene rings is 1. The van der Waals surface area contributed by atoms with E-state index in [1.165, 1.54) is 11.8 Å². The van der Waals surface area contributed by atoms with Crippen molar-refractivity contribution < 1.29 is 9.53 Å². The summed E-state index contributed by atoms with van der Waals surface area (Å²) in [7, 11) is 0. The van der Waals surface area contributed by atoms with Crippen LogP contribution in [0.3, 0.4) is 0 Å². The van der Waals surface area contributed by atoms with Crippen LogP contribution < -0.4 is 4.74 Å². The molecule has 1 aromatic heterocycles. The minimum atomic E-state index is -0.0175. The number of hydrogen-bond acceptors (Lipinski definition) is 5. The van der Waals surface area contributed by atoms with E-state index in [0.717, 1.165) is 51.4 Å². The van der Waals surface area contributed by atoms with Crippen molar-refractivity contribution in [2.45, 2.75) is 25.4 Å². The third-order valence-corrected chi connectivity index (χ3v) is 5.03. The first-order valence-corrected chi connectivity index (χ1v) is 8.81. The fourth-order valence-electron chi connectivity index (χ4n) is 3.66. The number of hydrogen-bond donors (Lipinski definition) is 0. The van der Waals surface area contributed by atoms with Crippen molar-refractivity contribution in [2.75, 3.05) is 26.2 Å². The zero-order valence-electron chi connectivity index (χ0n) is 14.2. The second-order valence-corrected chi connectivity index (χ2v) is 6.54. The first-order valence-electron chi connectivity index (χ1n) is 8.81. The van der Waals surface area contributed by atoms with Crippen LogP contribution in [0, 0.1) is 0 Å². The molecule has 1 saturated heterocycles. The number of carbonyl (C=O) groups is 1. The van der Waals surface area contributed by atoms with E-state index < -0.39 is 0 Å². The molecule has 6 heteroatoms. The summed E-state index contributed by atoms with van der Waals surface area (Å²) in [5, 5.41) is 0. The normalized spacial score (nSPS) is 19.0. The maximum atomic E-state index is 12.5. The fourth-order valence-corrected chi connectivity index (χ4v) is 3.66. The zero-order chi connectivity index (χ0) is 17.1. The lowest BCUT2D eigenvalue weighted by Gasteiger charge is -2.37. The van der Waals surface area contributed by atoms with E-state index in [0.29, 0.717) is 11.7 Å². The first kappa shape index (κ1) is 16.0. The molecule has 4 rings (SSSR count). The molecule has 25 heavy (non-hydrogen) atoms. The number of fused-ring (bicyclic) bond motifs is 1. The van der Waals surface area contributed by atoms with Gasteiger partial charge in [0.15, 0.2) is 0 Å². The van der Waals surface area contributed by atoms with Gasteiger partial charge in [-0.1, -0.05) is 18.2 Å². The number of carbonyl (C=O) groups excluding carboxylic acids is 1. The Morgan fingerprint density at radius 3 is 2.76 bits per heavy atom. The van der Waals surface area contributed by atoms with E-state index >= 15 is 0 Å². The molecule has 0 unspecified atom stereocenters. The first-order chi connectivity index (χ1) is 12.3. The molecule has 0 N–H and O–H groups in total. The van der Waals surface area contributed by atoms with E-state index in [-0.39, 0.29) is 5.91 Å². The van der Waals surface area contributed by atoms with Crippen LogP contribution in [0.25, 0.3) is 0 Å². The second-order valence-electron chi connectivity index (χ2n) is 6.54. The average Bonchev–Trinajstić information content (AvgIpc) is 2.91. The van der Waals surface area contributed by atoms with Crippen molar-refractivity contribution >= 4 is 5.91 Å².